The molecule has 0 saturated heterocycles. The first-order valence-corrected chi connectivity index (χ1v) is 9.87. The molecular weight excluding hydrogens is 404 g/mol. The average molecular weight is 423 g/mol. The van der Waals surface area contributed by atoms with E-state index in [0.717, 1.165) is 35.4 Å². The number of anilines is 1. The van der Waals surface area contributed by atoms with E-state index in [2.05, 4.69) is 33.5 Å². The lowest BCUT2D eigenvalue weighted by Gasteiger charge is -2.27. The molecule has 3 N–H and O–H groups in total. The highest BCUT2D eigenvalue weighted by Gasteiger charge is 2.33. The van der Waals surface area contributed by atoms with Crippen molar-refractivity contribution < 1.29 is 14.6 Å². The maximum Gasteiger partial charge on any atom is 0.256 e. The summed E-state index contributed by atoms with van der Waals surface area (Å²) < 4.78 is 5.74. The van der Waals surface area contributed by atoms with Gasteiger partial charge in [0.1, 0.15) is 11.2 Å². The van der Waals surface area contributed by atoms with Crippen molar-refractivity contribution in [3.8, 4) is 11.5 Å². The number of nitrogens with one attached hydrogen (secondary N) is 2. The van der Waals surface area contributed by atoms with Gasteiger partial charge in [-0.05, 0) is 64.4 Å². The Morgan fingerprint density at radius 1 is 1.36 bits per heavy atom. The number of hydrogen-bond donors (Lipinski definition) is 3. The van der Waals surface area contributed by atoms with Gasteiger partial charge in [-0.3, -0.25) is 4.79 Å². The van der Waals surface area contributed by atoms with E-state index in [1.165, 1.54) is 17.6 Å². The third-order valence-electron chi connectivity index (χ3n) is 4.89. The Labute approximate surface area is 158 Å². The summed E-state index contributed by atoms with van der Waals surface area (Å²) in [6, 6.07) is 3.52. The van der Waals surface area contributed by atoms with Crippen LogP contribution in [0.4, 0.5) is 5.00 Å². The minimum atomic E-state index is -0.358. The van der Waals surface area contributed by atoms with E-state index in [1.54, 1.807) is 23.5 Å². The van der Waals surface area contributed by atoms with Gasteiger partial charge in [0.25, 0.3) is 5.91 Å². The number of rotatable bonds is 2. The molecule has 2 atom stereocenters. The van der Waals surface area contributed by atoms with Crippen LogP contribution >= 0.6 is 27.3 Å². The molecule has 1 aromatic heterocycles. The van der Waals surface area contributed by atoms with Gasteiger partial charge >= 0.3 is 0 Å². The lowest BCUT2D eigenvalue weighted by Crippen LogP contribution is -2.38. The van der Waals surface area contributed by atoms with Crippen LogP contribution in [-0.4, -0.2) is 18.1 Å². The van der Waals surface area contributed by atoms with Gasteiger partial charge in [-0.25, -0.2) is 0 Å². The zero-order valence-corrected chi connectivity index (χ0v) is 16.4. The van der Waals surface area contributed by atoms with E-state index in [-0.39, 0.29) is 17.8 Å². The van der Waals surface area contributed by atoms with Crippen LogP contribution < -0.4 is 15.4 Å². The summed E-state index contributed by atoms with van der Waals surface area (Å²) in [6.07, 6.45) is 2.80. The van der Waals surface area contributed by atoms with E-state index in [1.807, 2.05) is 0 Å². The third kappa shape index (κ3) is 2.79. The number of carbonyl (C=O) groups excluding carboxylic acids is 1. The smallest absolute Gasteiger partial charge is 0.256 e. The van der Waals surface area contributed by atoms with Crippen molar-refractivity contribution in [1.82, 2.24) is 5.32 Å². The van der Waals surface area contributed by atoms with Crippen LogP contribution in [0.5, 0.6) is 11.5 Å². The summed E-state index contributed by atoms with van der Waals surface area (Å²) in [6.45, 7) is 2.26. The van der Waals surface area contributed by atoms with Crippen LogP contribution in [0.2, 0.25) is 0 Å². The predicted octanol–water partition coefficient (Wildman–Crippen LogP) is 4.20. The van der Waals surface area contributed by atoms with E-state index < -0.39 is 0 Å². The molecule has 2 aliphatic rings. The first kappa shape index (κ1) is 16.7. The Kier molecular flexibility index (Phi) is 4.16. The van der Waals surface area contributed by atoms with Crippen LogP contribution in [-0.2, 0) is 12.8 Å². The second kappa shape index (κ2) is 6.21. The fraction of sp³-hybridized carbons (Fsp3) is 0.389. The lowest BCUT2D eigenvalue weighted by atomic mass is 9.88. The number of fused-ring (bicyclic) bond motifs is 3. The van der Waals surface area contributed by atoms with E-state index >= 15 is 0 Å². The van der Waals surface area contributed by atoms with Crippen molar-refractivity contribution in [2.75, 3.05) is 12.4 Å². The highest BCUT2D eigenvalue weighted by Crippen LogP contribution is 2.44. The van der Waals surface area contributed by atoms with Crippen LogP contribution in [0, 0.1) is 5.92 Å². The molecule has 0 unspecified atom stereocenters. The van der Waals surface area contributed by atoms with Gasteiger partial charge in [-0.15, -0.1) is 11.3 Å². The maximum absolute atomic E-state index is 12.8. The molecule has 2 aromatic rings. The number of methoxy groups -OCH3 is 1. The van der Waals surface area contributed by atoms with Crippen molar-refractivity contribution >= 4 is 38.2 Å². The van der Waals surface area contributed by atoms with Crippen LogP contribution in [0.1, 0.15) is 45.9 Å². The lowest BCUT2D eigenvalue weighted by molar-refractivity contribution is 0.0935. The first-order chi connectivity index (χ1) is 12.0. The Bertz CT molecular complexity index is 864. The number of phenols is 1. The predicted molar refractivity (Wildman–Crippen MR) is 102 cm³/mol. The Hall–Kier alpha value is -1.73. The van der Waals surface area contributed by atoms with E-state index in [4.69, 9.17) is 4.74 Å². The molecule has 0 bridgehead atoms. The summed E-state index contributed by atoms with van der Waals surface area (Å²) in [7, 11) is 1.50. The number of phenolic OH excluding ortho intramolecular Hbond substituents is 1. The monoisotopic (exact) mass is 422 g/mol. The van der Waals surface area contributed by atoms with Crippen LogP contribution in [0.25, 0.3) is 0 Å². The maximum atomic E-state index is 12.8. The number of amides is 1. The van der Waals surface area contributed by atoms with Gasteiger partial charge in [0.05, 0.1) is 17.1 Å². The number of benzene rings is 1. The zero-order valence-electron chi connectivity index (χ0n) is 14.0. The number of ether oxygens (including phenoxy) is 1. The fourth-order valence-corrected chi connectivity index (χ4v) is 5.44. The third-order valence-corrected chi connectivity index (χ3v) is 6.68. The van der Waals surface area contributed by atoms with Gasteiger partial charge in [0.2, 0.25) is 0 Å². The Balaban J connectivity index is 1.71. The van der Waals surface area contributed by atoms with Crippen molar-refractivity contribution in [1.29, 1.82) is 0 Å². The average Bonchev–Trinajstić information content (AvgIpc) is 2.94. The van der Waals surface area contributed by atoms with E-state index in [9.17, 15) is 9.90 Å². The second-order valence-electron chi connectivity index (χ2n) is 6.66. The molecule has 0 saturated carbocycles. The molecule has 1 aliphatic heterocycles. The summed E-state index contributed by atoms with van der Waals surface area (Å²) in [5.41, 5.74) is 2.85. The number of carbonyl (C=O) groups is 1. The molecule has 25 heavy (non-hydrogen) atoms. The topological polar surface area (TPSA) is 70.6 Å². The van der Waals surface area contributed by atoms with Crippen molar-refractivity contribution in [2.45, 2.75) is 32.4 Å². The standard InChI is InChI=1S/C18H19BrN2O3S/c1-8-3-4-10-13(5-8)25-18-14(10)17(23)20-16(21-18)9-6-11(19)15(22)12(7-9)24-2/h6-8,16,21-22H,3-5H2,1-2H3,(H,20,23)/t8-,16-/m0/s1. The number of halogens is 1. The molecule has 7 heteroatoms. The summed E-state index contributed by atoms with van der Waals surface area (Å²) >= 11 is 5.03. The molecule has 2 heterocycles. The molecule has 0 fully saturated rings. The first-order valence-electron chi connectivity index (χ1n) is 8.26. The molecule has 1 aromatic carbocycles. The fourth-order valence-electron chi connectivity index (χ4n) is 3.55. The highest BCUT2D eigenvalue weighted by molar-refractivity contribution is 9.10. The van der Waals surface area contributed by atoms with Gasteiger partial charge in [0.15, 0.2) is 11.5 Å². The number of thiophene rings is 1. The number of aromatic hydroxyl groups is 1. The molecule has 0 spiro atoms. The van der Waals surface area contributed by atoms with Crippen LogP contribution in [0.3, 0.4) is 0 Å². The molecule has 132 valence electrons. The highest BCUT2D eigenvalue weighted by atomic mass is 79.9. The van der Waals surface area contributed by atoms with Crippen molar-refractivity contribution in [3.05, 3.63) is 38.2 Å². The van der Waals surface area contributed by atoms with Gasteiger partial charge in [0, 0.05) is 4.88 Å². The largest absolute Gasteiger partial charge is 0.503 e. The van der Waals surface area contributed by atoms with Gasteiger partial charge < -0.3 is 20.5 Å². The molecule has 1 aliphatic carbocycles. The second-order valence-corrected chi connectivity index (χ2v) is 8.62. The molecular formula is C18H19BrN2O3S. The number of hydrogen-bond acceptors (Lipinski definition) is 5. The van der Waals surface area contributed by atoms with Gasteiger partial charge in [-0.2, -0.15) is 0 Å². The van der Waals surface area contributed by atoms with E-state index in [0.29, 0.717) is 16.1 Å². The minimum Gasteiger partial charge on any atom is -0.503 e. The van der Waals surface area contributed by atoms with Crippen molar-refractivity contribution in [3.63, 3.8) is 0 Å². The van der Waals surface area contributed by atoms with Crippen molar-refractivity contribution in [2.24, 2.45) is 5.92 Å². The molecule has 5 nitrogen and oxygen atoms in total. The SMILES string of the molecule is COc1cc([C@H]2NC(=O)c3c(sc4c3CC[C@H](C)C4)N2)cc(Br)c1O. The molecule has 1 amide bonds. The Morgan fingerprint density at radius 3 is 2.92 bits per heavy atom. The summed E-state index contributed by atoms with van der Waals surface area (Å²) in [5.74, 6) is 1.05. The summed E-state index contributed by atoms with van der Waals surface area (Å²) in [5, 5.41) is 17.4. The Morgan fingerprint density at radius 2 is 2.16 bits per heavy atom. The van der Waals surface area contributed by atoms with Gasteiger partial charge in [-0.1, -0.05) is 6.92 Å². The molecule has 0 radical (unpaired) electrons. The molecule has 4 rings (SSSR count). The summed E-state index contributed by atoms with van der Waals surface area (Å²) in [4.78, 5) is 14.1. The zero-order chi connectivity index (χ0) is 17.7. The normalized spacial score (nSPS) is 21.8. The quantitative estimate of drug-likeness (QED) is 0.677. The minimum absolute atomic E-state index is 0.0334. The van der Waals surface area contributed by atoms with Crippen LogP contribution in [0.15, 0.2) is 16.6 Å².